The van der Waals surface area contributed by atoms with Crippen molar-refractivity contribution in [1.82, 2.24) is 0 Å². The molecule has 29 heavy (non-hydrogen) atoms. The van der Waals surface area contributed by atoms with E-state index in [0.717, 1.165) is 46.5 Å². The van der Waals surface area contributed by atoms with Gasteiger partial charge < -0.3 is 14.8 Å². The first-order valence-corrected chi connectivity index (χ1v) is 10.8. The van der Waals surface area contributed by atoms with Crippen LogP contribution >= 0.6 is 11.6 Å². The maximum absolute atomic E-state index is 12.2. The number of carbonyl (C=O) groups is 1. The maximum atomic E-state index is 12.2. The van der Waals surface area contributed by atoms with E-state index >= 15 is 0 Å². The van der Waals surface area contributed by atoms with E-state index in [9.17, 15) is 4.79 Å². The molecule has 3 rings (SSSR count). The van der Waals surface area contributed by atoms with Crippen LogP contribution < -0.4 is 14.8 Å². The molecule has 1 amide bonds. The molecular weight excluding hydrogens is 386 g/mol. The molecular formula is C24H30ClNO3. The summed E-state index contributed by atoms with van der Waals surface area (Å²) in [5.41, 5.74) is 2.59. The lowest BCUT2D eigenvalue weighted by Crippen LogP contribution is -2.20. The van der Waals surface area contributed by atoms with Crippen LogP contribution in [0, 0.1) is 19.8 Å². The molecule has 0 heterocycles. The number of carbonyl (C=O) groups excluding carboxylic acids is 1. The van der Waals surface area contributed by atoms with Crippen molar-refractivity contribution in [1.29, 1.82) is 0 Å². The number of rotatable bonds is 8. The smallest absolute Gasteiger partial charge is 0.262 e. The fraction of sp³-hybridized carbons (Fsp3) is 0.458. The predicted molar refractivity (Wildman–Crippen MR) is 118 cm³/mol. The van der Waals surface area contributed by atoms with Crippen molar-refractivity contribution >= 4 is 23.2 Å². The molecule has 0 bridgehead atoms. The predicted octanol–water partition coefficient (Wildman–Crippen LogP) is 6.32. The first-order chi connectivity index (χ1) is 14.0. The third-order valence-electron chi connectivity index (χ3n) is 5.44. The Morgan fingerprint density at radius 3 is 2.31 bits per heavy atom. The highest BCUT2D eigenvalue weighted by Gasteiger charge is 2.13. The van der Waals surface area contributed by atoms with Crippen LogP contribution in [0.25, 0.3) is 0 Å². The van der Waals surface area contributed by atoms with Gasteiger partial charge in [-0.2, -0.15) is 0 Å². The Balaban J connectivity index is 1.41. The number of aryl methyl sites for hydroxylation is 2. The van der Waals surface area contributed by atoms with Gasteiger partial charge in [0.15, 0.2) is 6.61 Å². The lowest BCUT2D eigenvalue weighted by molar-refractivity contribution is -0.118. The summed E-state index contributed by atoms with van der Waals surface area (Å²) in [6.07, 6.45) is 7.91. The zero-order chi connectivity index (χ0) is 20.6. The Morgan fingerprint density at radius 2 is 1.66 bits per heavy atom. The number of halogens is 1. The summed E-state index contributed by atoms with van der Waals surface area (Å²) in [4.78, 5) is 12.2. The fourth-order valence-corrected chi connectivity index (χ4v) is 3.90. The number of benzene rings is 2. The van der Waals surface area contributed by atoms with Crippen LogP contribution in [0.15, 0.2) is 36.4 Å². The molecule has 1 N–H and O–H groups in total. The average Bonchev–Trinajstić information content (AvgIpc) is 2.72. The number of ether oxygens (including phenoxy) is 2. The molecule has 2 aromatic rings. The summed E-state index contributed by atoms with van der Waals surface area (Å²) in [5, 5.41) is 3.57. The minimum Gasteiger partial charge on any atom is -0.494 e. The fourth-order valence-electron chi connectivity index (χ4n) is 3.79. The lowest BCUT2D eigenvalue weighted by Gasteiger charge is -2.21. The summed E-state index contributed by atoms with van der Waals surface area (Å²) in [6.45, 7) is 4.53. The molecule has 4 nitrogen and oxygen atoms in total. The van der Waals surface area contributed by atoms with Crippen molar-refractivity contribution in [3.63, 3.8) is 0 Å². The molecule has 0 saturated heterocycles. The largest absolute Gasteiger partial charge is 0.494 e. The monoisotopic (exact) mass is 415 g/mol. The van der Waals surface area contributed by atoms with Gasteiger partial charge in [-0.25, -0.2) is 0 Å². The van der Waals surface area contributed by atoms with E-state index in [4.69, 9.17) is 21.1 Å². The standard InChI is InChI=1S/C24H30ClNO3/c1-17-14-22(15-18(2)24(17)25)29-16-23(27)26-20-8-10-21(11-9-20)28-13-12-19-6-4-3-5-7-19/h8-11,14-15,19H,3-7,12-13,16H2,1-2H3,(H,26,27). The number of hydrogen-bond acceptors (Lipinski definition) is 3. The minimum absolute atomic E-state index is 0.0554. The SMILES string of the molecule is Cc1cc(OCC(=O)Nc2ccc(OCCC3CCCCC3)cc2)cc(C)c1Cl. The molecule has 156 valence electrons. The average molecular weight is 416 g/mol. The second kappa shape index (κ2) is 10.5. The molecule has 2 aromatic carbocycles. The van der Waals surface area contributed by atoms with Crippen molar-refractivity contribution in [3.05, 3.63) is 52.5 Å². The van der Waals surface area contributed by atoms with Gasteiger partial charge in [0.05, 0.1) is 6.61 Å². The molecule has 1 aliphatic carbocycles. The second-order valence-electron chi connectivity index (χ2n) is 7.87. The zero-order valence-corrected chi connectivity index (χ0v) is 18.1. The lowest BCUT2D eigenvalue weighted by atomic mass is 9.87. The quantitative estimate of drug-likeness (QED) is 0.548. The molecule has 1 saturated carbocycles. The molecule has 5 heteroatoms. The van der Waals surface area contributed by atoms with E-state index in [1.54, 1.807) is 0 Å². The molecule has 0 radical (unpaired) electrons. The molecule has 0 spiro atoms. The minimum atomic E-state index is -0.207. The second-order valence-corrected chi connectivity index (χ2v) is 8.25. The number of nitrogens with one attached hydrogen (secondary N) is 1. The Kier molecular flexibility index (Phi) is 7.82. The zero-order valence-electron chi connectivity index (χ0n) is 17.3. The van der Waals surface area contributed by atoms with Crippen molar-refractivity contribution in [2.45, 2.75) is 52.4 Å². The van der Waals surface area contributed by atoms with Crippen LogP contribution in [0.2, 0.25) is 5.02 Å². The van der Waals surface area contributed by atoms with Crippen LogP contribution in [-0.2, 0) is 4.79 Å². The summed E-state index contributed by atoms with van der Waals surface area (Å²) in [5.74, 6) is 2.08. The number of amides is 1. The van der Waals surface area contributed by atoms with E-state index in [1.165, 1.54) is 32.1 Å². The van der Waals surface area contributed by atoms with Gasteiger partial charge in [-0.3, -0.25) is 4.79 Å². The first-order valence-electron chi connectivity index (χ1n) is 10.4. The molecule has 0 aromatic heterocycles. The van der Waals surface area contributed by atoms with E-state index < -0.39 is 0 Å². The van der Waals surface area contributed by atoms with E-state index in [1.807, 2.05) is 50.2 Å². The van der Waals surface area contributed by atoms with Gasteiger partial charge in [0.2, 0.25) is 0 Å². The summed E-state index contributed by atoms with van der Waals surface area (Å²) in [6, 6.07) is 11.2. The highest BCUT2D eigenvalue weighted by Crippen LogP contribution is 2.27. The van der Waals surface area contributed by atoms with Gasteiger partial charge >= 0.3 is 0 Å². The van der Waals surface area contributed by atoms with Crippen molar-refractivity contribution in [2.24, 2.45) is 5.92 Å². The van der Waals surface area contributed by atoms with E-state index in [2.05, 4.69) is 5.32 Å². The van der Waals surface area contributed by atoms with Crippen LogP contribution in [0.4, 0.5) is 5.69 Å². The molecule has 0 aliphatic heterocycles. The topological polar surface area (TPSA) is 47.6 Å². The van der Waals surface area contributed by atoms with E-state index in [0.29, 0.717) is 5.75 Å². The summed E-state index contributed by atoms with van der Waals surface area (Å²) >= 11 is 6.16. The van der Waals surface area contributed by atoms with Gasteiger partial charge in [0, 0.05) is 10.7 Å². The highest BCUT2D eigenvalue weighted by atomic mass is 35.5. The highest BCUT2D eigenvalue weighted by molar-refractivity contribution is 6.32. The Bertz CT molecular complexity index is 790. The van der Waals surface area contributed by atoms with Crippen molar-refractivity contribution < 1.29 is 14.3 Å². The van der Waals surface area contributed by atoms with Gasteiger partial charge in [-0.1, -0.05) is 43.7 Å². The van der Waals surface area contributed by atoms with Gasteiger partial charge in [-0.05, 0) is 73.7 Å². The summed E-state index contributed by atoms with van der Waals surface area (Å²) in [7, 11) is 0. The van der Waals surface area contributed by atoms with Gasteiger partial charge in [0.25, 0.3) is 5.91 Å². The van der Waals surface area contributed by atoms with Crippen LogP contribution in [0.1, 0.15) is 49.7 Å². The Labute approximate surface area is 178 Å². The Hall–Kier alpha value is -2.20. The molecule has 0 atom stereocenters. The normalized spacial score (nSPS) is 14.4. The summed E-state index contributed by atoms with van der Waals surface area (Å²) < 4.78 is 11.5. The maximum Gasteiger partial charge on any atom is 0.262 e. The molecule has 1 fully saturated rings. The van der Waals surface area contributed by atoms with Crippen LogP contribution in [-0.4, -0.2) is 19.1 Å². The van der Waals surface area contributed by atoms with Gasteiger partial charge in [-0.15, -0.1) is 0 Å². The molecule has 0 unspecified atom stereocenters. The van der Waals surface area contributed by atoms with Crippen molar-refractivity contribution in [2.75, 3.05) is 18.5 Å². The Morgan fingerprint density at radius 1 is 1.00 bits per heavy atom. The van der Waals surface area contributed by atoms with Gasteiger partial charge in [0.1, 0.15) is 11.5 Å². The van der Waals surface area contributed by atoms with Crippen molar-refractivity contribution in [3.8, 4) is 11.5 Å². The third-order valence-corrected chi connectivity index (χ3v) is 6.03. The number of anilines is 1. The van der Waals surface area contributed by atoms with Crippen LogP contribution in [0.5, 0.6) is 11.5 Å². The molecule has 1 aliphatic rings. The number of hydrogen-bond donors (Lipinski definition) is 1. The van der Waals surface area contributed by atoms with Crippen LogP contribution in [0.3, 0.4) is 0 Å². The third kappa shape index (κ3) is 6.67. The first kappa shape index (κ1) is 21.5. The van der Waals surface area contributed by atoms with E-state index in [-0.39, 0.29) is 12.5 Å².